The van der Waals surface area contributed by atoms with Crippen LogP contribution in [0, 0.1) is 5.82 Å². The SMILES string of the molecule is CCC1CCCc2cc(O)c(F)c(C(C)C)c21. The van der Waals surface area contributed by atoms with E-state index < -0.39 is 5.82 Å². The number of fused-ring (bicyclic) bond motifs is 1. The van der Waals surface area contributed by atoms with Crippen LogP contribution >= 0.6 is 0 Å². The minimum atomic E-state index is -0.404. The maximum Gasteiger partial charge on any atom is 0.168 e. The molecule has 1 aliphatic carbocycles. The summed E-state index contributed by atoms with van der Waals surface area (Å²) in [5.41, 5.74) is 3.08. The Morgan fingerprint density at radius 3 is 2.76 bits per heavy atom. The maximum absolute atomic E-state index is 14.1. The van der Waals surface area contributed by atoms with Crippen molar-refractivity contribution >= 4 is 0 Å². The Balaban J connectivity index is 2.66. The number of aromatic hydroxyl groups is 1. The van der Waals surface area contributed by atoms with Gasteiger partial charge in [-0.15, -0.1) is 0 Å². The number of benzene rings is 1. The molecule has 1 N–H and O–H groups in total. The predicted molar refractivity (Wildman–Crippen MR) is 68.1 cm³/mol. The molecule has 0 spiro atoms. The summed E-state index contributed by atoms with van der Waals surface area (Å²) in [5.74, 6) is 0.0116. The smallest absolute Gasteiger partial charge is 0.168 e. The zero-order chi connectivity index (χ0) is 12.6. The van der Waals surface area contributed by atoms with Crippen molar-refractivity contribution in [2.45, 2.75) is 58.3 Å². The first kappa shape index (κ1) is 12.4. The molecule has 17 heavy (non-hydrogen) atoms. The van der Waals surface area contributed by atoms with E-state index in [0.29, 0.717) is 5.92 Å². The van der Waals surface area contributed by atoms with E-state index in [0.717, 1.165) is 36.8 Å². The topological polar surface area (TPSA) is 20.2 Å². The van der Waals surface area contributed by atoms with Crippen molar-refractivity contribution in [1.82, 2.24) is 0 Å². The van der Waals surface area contributed by atoms with Crippen molar-refractivity contribution in [3.63, 3.8) is 0 Å². The Labute approximate surface area is 103 Å². The summed E-state index contributed by atoms with van der Waals surface area (Å²) in [6.45, 7) is 6.16. The van der Waals surface area contributed by atoms with E-state index in [9.17, 15) is 9.50 Å². The van der Waals surface area contributed by atoms with Crippen LogP contribution in [-0.4, -0.2) is 5.11 Å². The van der Waals surface area contributed by atoms with Crippen molar-refractivity contribution in [3.8, 4) is 5.75 Å². The van der Waals surface area contributed by atoms with E-state index in [1.165, 1.54) is 5.56 Å². The summed E-state index contributed by atoms with van der Waals surface area (Å²) in [6, 6.07) is 1.64. The molecule has 0 saturated carbocycles. The molecule has 1 aliphatic rings. The lowest BCUT2D eigenvalue weighted by molar-refractivity contribution is 0.418. The van der Waals surface area contributed by atoms with Gasteiger partial charge in [0, 0.05) is 0 Å². The molecule has 0 aromatic heterocycles. The van der Waals surface area contributed by atoms with Gasteiger partial charge in [-0.2, -0.15) is 0 Å². The van der Waals surface area contributed by atoms with E-state index in [1.54, 1.807) is 6.07 Å². The summed E-state index contributed by atoms with van der Waals surface area (Å²) in [5, 5.41) is 9.69. The lowest BCUT2D eigenvalue weighted by Crippen LogP contribution is -2.14. The highest BCUT2D eigenvalue weighted by molar-refractivity contribution is 5.47. The molecule has 0 radical (unpaired) electrons. The van der Waals surface area contributed by atoms with E-state index in [-0.39, 0.29) is 11.7 Å². The molecular formula is C15H21FO. The van der Waals surface area contributed by atoms with Crippen LogP contribution in [0.4, 0.5) is 4.39 Å². The number of hydrogen-bond donors (Lipinski definition) is 1. The van der Waals surface area contributed by atoms with Gasteiger partial charge in [0.25, 0.3) is 0 Å². The summed E-state index contributed by atoms with van der Waals surface area (Å²) in [4.78, 5) is 0. The number of hydrogen-bond acceptors (Lipinski definition) is 1. The van der Waals surface area contributed by atoms with Crippen LogP contribution < -0.4 is 0 Å². The highest BCUT2D eigenvalue weighted by Crippen LogP contribution is 2.42. The minimum Gasteiger partial charge on any atom is -0.505 e. The summed E-state index contributed by atoms with van der Waals surface area (Å²) >= 11 is 0. The first-order valence-electron chi connectivity index (χ1n) is 6.60. The first-order chi connectivity index (χ1) is 8.06. The summed E-state index contributed by atoms with van der Waals surface area (Å²) in [7, 11) is 0. The number of halogens is 1. The number of aryl methyl sites for hydroxylation is 1. The van der Waals surface area contributed by atoms with Crippen LogP contribution in [0.25, 0.3) is 0 Å². The van der Waals surface area contributed by atoms with Gasteiger partial charge >= 0.3 is 0 Å². The van der Waals surface area contributed by atoms with Gasteiger partial charge in [0.2, 0.25) is 0 Å². The highest BCUT2D eigenvalue weighted by Gasteiger charge is 2.27. The summed E-state index contributed by atoms with van der Waals surface area (Å²) in [6.07, 6.45) is 4.32. The van der Waals surface area contributed by atoms with Crippen molar-refractivity contribution < 1.29 is 9.50 Å². The average molecular weight is 236 g/mol. The molecule has 0 aliphatic heterocycles. The molecule has 0 amide bonds. The molecule has 1 nitrogen and oxygen atoms in total. The molecule has 0 fully saturated rings. The normalized spacial score (nSPS) is 19.5. The quantitative estimate of drug-likeness (QED) is 0.802. The van der Waals surface area contributed by atoms with Gasteiger partial charge in [-0.3, -0.25) is 0 Å². The molecule has 2 heteroatoms. The third-order valence-corrected chi connectivity index (χ3v) is 3.89. The Bertz CT molecular complexity index is 423. The van der Waals surface area contributed by atoms with E-state index >= 15 is 0 Å². The summed E-state index contributed by atoms with van der Waals surface area (Å²) < 4.78 is 14.1. The van der Waals surface area contributed by atoms with Gasteiger partial charge < -0.3 is 5.11 Å². The van der Waals surface area contributed by atoms with Gasteiger partial charge in [0.15, 0.2) is 11.6 Å². The third-order valence-electron chi connectivity index (χ3n) is 3.89. The van der Waals surface area contributed by atoms with Crippen LogP contribution in [0.15, 0.2) is 6.07 Å². The van der Waals surface area contributed by atoms with Crippen LogP contribution in [0.5, 0.6) is 5.75 Å². The Kier molecular flexibility index (Phi) is 3.41. The minimum absolute atomic E-state index is 0.128. The van der Waals surface area contributed by atoms with Crippen LogP contribution in [0.1, 0.15) is 68.6 Å². The molecule has 0 bridgehead atoms. The van der Waals surface area contributed by atoms with Crippen LogP contribution in [0.3, 0.4) is 0 Å². The van der Waals surface area contributed by atoms with E-state index in [2.05, 4.69) is 6.92 Å². The Morgan fingerprint density at radius 2 is 2.18 bits per heavy atom. The van der Waals surface area contributed by atoms with Gasteiger partial charge in [-0.05, 0) is 60.3 Å². The zero-order valence-electron chi connectivity index (χ0n) is 10.9. The second-order valence-corrected chi connectivity index (χ2v) is 5.35. The van der Waals surface area contributed by atoms with Gasteiger partial charge in [0.05, 0.1) is 0 Å². The van der Waals surface area contributed by atoms with E-state index in [4.69, 9.17) is 0 Å². The number of phenolic OH excluding ortho intramolecular Hbond substituents is 1. The van der Waals surface area contributed by atoms with Crippen molar-refractivity contribution in [1.29, 1.82) is 0 Å². The Hall–Kier alpha value is -1.05. The van der Waals surface area contributed by atoms with Crippen molar-refractivity contribution in [3.05, 3.63) is 28.6 Å². The fraction of sp³-hybridized carbons (Fsp3) is 0.600. The standard InChI is InChI=1S/C15H21FO/c1-4-10-6-5-7-11-8-12(17)15(16)13(9(2)3)14(10)11/h8-10,17H,4-7H2,1-3H3. The first-order valence-corrected chi connectivity index (χ1v) is 6.60. The number of rotatable bonds is 2. The molecule has 94 valence electrons. The number of phenols is 1. The predicted octanol–water partition coefficient (Wildman–Crippen LogP) is 4.48. The molecule has 1 aromatic carbocycles. The van der Waals surface area contributed by atoms with Crippen LogP contribution in [0.2, 0.25) is 0 Å². The fourth-order valence-corrected chi connectivity index (χ4v) is 3.08. The zero-order valence-corrected chi connectivity index (χ0v) is 10.9. The Morgan fingerprint density at radius 1 is 1.47 bits per heavy atom. The van der Waals surface area contributed by atoms with E-state index in [1.807, 2.05) is 13.8 Å². The third kappa shape index (κ3) is 2.05. The maximum atomic E-state index is 14.1. The van der Waals surface area contributed by atoms with Crippen molar-refractivity contribution in [2.75, 3.05) is 0 Å². The lowest BCUT2D eigenvalue weighted by atomic mass is 9.76. The van der Waals surface area contributed by atoms with Gasteiger partial charge in [-0.1, -0.05) is 20.8 Å². The molecule has 1 unspecified atom stereocenters. The molecule has 0 saturated heterocycles. The van der Waals surface area contributed by atoms with Gasteiger partial charge in [-0.25, -0.2) is 4.39 Å². The second-order valence-electron chi connectivity index (χ2n) is 5.35. The molecule has 1 atom stereocenters. The monoisotopic (exact) mass is 236 g/mol. The van der Waals surface area contributed by atoms with Gasteiger partial charge in [0.1, 0.15) is 0 Å². The lowest BCUT2D eigenvalue weighted by Gasteiger charge is -2.29. The van der Waals surface area contributed by atoms with Crippen LogP contribution in [-0.2, 0) is 6.42 Å². The average Bonchev–Trinajstić information content (AvgIpc) is 2.29. The molecule has 1 aromatic rings. The largest absolute Gasteiger partial charge is 0.505 e. The molecule has 0 heterocycles. The second kappa shape index (κ2) is 4.67. The fourth-order valence-electron chi connectivity index (χ4n) is 3.08. The highest BCUT2D eigenvalue weighted by atomic mass is 19.1. The molecule has 2 rings (SSSR count). The molecular weight excluding hydrogens is 215 g/mol. The van der Waals surface area contributed by atoms with Crippen molar-refractivity contribution in [2.24, 2.45) is 0 Å².